The van der Waals surface area contributed by atoms with Gasteiger partial charge in [-0.15, -0.1) is 0 Å². The first-order valence-electron chi connectivity index (χ1n) is 5.60. The third-order valence-electron chi connectivity index (χ3n) is 3.18. The van der Waals surface area contributed by atoms with Crippen LogP contribution in [0.25, 0.3) is 10.9 Å². The summed E-state index contributed by atoms with van der Waals surface area (Å²) in [5.41, 5.74) is 0.734. The minimum Gasteiger partial charge on any atom is -0.346 e. The van der Waals surface area contributed by atoms with E-state index in [4.69, 9.17) is 0 Å². The Morgan fingerprint density at radius 2 is 1.94 bits per heavy atom. The van der Waals surface area contributed by atoms with Crippen LogP contribution < -0.4 is 0 Å². The zero-order valence-corrected chi connectivity index (χ0v) is 10.2. The molecule has 0 aliphatic heterocycles. The largest absolute Gasteiger partial charge is 0.346 e. The summed E-state index contributed by atoms with van der Waals surface area (Å²) in [6.07, 6.45) is 1.80. The first-order chi connectivity index (χ1) is 8.00. The lowest BCUT2D eigenvalue weighted by molar-refractivity contribution is 0.286. The molecule has 2 nitrogen and oxygen atoms in total. The van der Waals surface area contributed by atoms with Crippen LogP contribution in [0.5, 0.6) is 0 Å². The molecule has 92 valence electrons. The second-order valence-corrected chi connectivity index (χ2v) is 4.57. The molecular formula is C13H16F2N2. The maximum absolute atomic E-state index is 13.5. The minimum atomic E-state index is -0.795. The highest BCUT2D eigenvalue weighted by atomic mass is 19.2. The molecule has 1 aromatic heterocycles. The van der Waals surface area contributed by atoms with Gasteiger partial charge >= 0.3 is 0 Å². The smallest absolute Gasteiger partial charge is 0.168 e. The van der Waals surface area contributed by atoms with E-state index in [2.05, 4.69) is 11.8 Å². The van der Waals surface area contributed by atoms with Crippen LogP contribution >= 0.6 is 0 Å². The number of hydrogen-bond donors (Lipinski definition) is 0. The van der Waals surface area contributed by atoms with Gasteiger partial charge in [0.15, 0.2) is 11.6 Å². The standard InChI is InChI=1S/C13H16F2N2/c1-9(16(2)3)8-17-7-6-10-12(17)5-4-11(14)13(10)15/h4-7,9H,8H2,1-3H3/t9-/m1/s1. The van der Waals surface area contributed by atoms with Crippen molar-refractivity contribution >= 4 is 10.9 Å². The van der Waals surface area contributed by atoms with E-state index >= 15 is 0 Å². The summed E-state index contributed by atoms with van der Waals surface area (Å²) in [7, 11) is 3.99. The number of hydrogen-bond acceptors (Lipinski definition) is 1. The second kappa shape index (κ2) is 4.45. The van der Waals surface area contributed by atoms with E-state index in [1.807, 2.05) is 18.7 Å². The summed E-state index contributed by atoms with van der Waals surface area (Å²) >= 11 is 0. The molecule has 17 heavy (non-hydrogen) atoms. The molecule has 1 aromatic carbocycles. The van der Waals surface area contributed by atoms with Gasteiger partial charge in [0.05, 0.1) is 5.52 Å². The Bertz CT molecular complexity index is 531. The Kier molecular flexibility index (Phi) is 3.15. The summed E-state index contributed by atoms with van der Waals surface area (Å²) < 4.78 is 28.5. The molecule has 0 bridgehead atoms. The van der Waals surface area contributed by atoms with Crippen molar-refractivity contribution in [3.8, 4) is 0 Å². The summed E-state index contributed by atoms with van der Waals surface area (Å²) in [6, 6.07) is 4.75. The zero-order chi connectivity index (χ0) is 12.6. The number of aromatic nitrogens is 1. The molecule has 4 heteroatoms. The topological polar surface area (TPSA) is 8.17 Å². The van der Waals surface area contributed by atoms with Crippen LogP contribution in [0.1, 0.15) is 6.92 Å². The first-order valence-corrected chi connectivity index (χ1v) is 5.60. The summed E-state index contributed by atoms with van der Waals surface area (Å²) in [6.45, 7) is 2.84. The van der Waals surface area contributed by atoms with E-state index in [-0.39, 0.29) is 0 Å². The van der Waals surface area contributed by atoms with Gasteiger partial charge < -0.3 is 9.47 Å². The van der Waals surface area contributed by atoms with Crippen LogP contribution in [0.3, 0.4) is 0 Å². The Morgan fingerprint density at radius 1 is 1.24 bits per heavy atom. The summed E-state index contributed by atoms with van der Waals surface area (Å²) in [4.78, 5) is 2.09. The molecular weight excluding hydrogens is 222 g/mol. The van der Waals surface area contributed by atoms with E-state index < -0.39 is 11.6 Å². The molecule has 1 heterocycles. The van der Waals surface area contributed by atoms with E-state index in [1.54, 1.807) is 18.3 Å². The van der Waals surface area contributed by atoms with Crippen LogP contribution in [0.2, 0.25) is 0 Å². The van der Waals surface area contributed by atoms with Crippen molar-refractivity contribution in [3.05, 3.63) is 36.0 Å². The SMILES string of the molecule is C[C@H](Cn1ccc2c(F)c(F)ccc21)N(C)C. The molecule has 0 aliphatic rings. The number of halogens is 2. The Balaban J connectivity index is 2.40. The molecule has 0 fully saturated rings. The van der Waals surface area contributed by atoms with Crippen LogP contribution in [0.15, 0.2) is 24.4 Å². The highest BCUT2D eigenvalue weighted by Gasteiger charge is 2.12. The molecule has 1 atom stereocenters. The summed E-state index contributed by atoms with van der Waals surface area (Å²) in [5.74, 6) is -1.56. The lowest BCUT2D eigenvalue weighted by Crippen LogP contribution is -2.28. The molecule has 0 amide bonds. The predicted molar refractivity (Wildman–Crippen MR) is 65.0 cm³/mol. The van der Waals surface area contributed by atoms with Crippen molar-refractivity contribution in [2.24, 2.45) is 0 Å². The van der Waals surface area contributed by atoms with Crippen LogP contribution in [-0.2, 0) is 6.54 Å². The molecule has 0 radical (unpaired) electrons. The lowest BCUT2D eigenvalue weighted by Gasteiger charge is -2.20. The molecule has 0 N–H and O–H groups in total. The highest BCUT2D eigenvalue weighted by molar-refractivity contribution is 5.80. The maximum atomic E-state index is 13.5. The number of nitrogens with zero attached hydrogens (tertiary/aromatic N) is 2. The average Bonchev–Trinajstić information content (AvgIpc) is 2.67. The third kappa shape index (κ3) is 2.17. The minimum absolute atomic E-state index is 0.332. The van der Waals surface area contributed by atoms with E-state index in [0.29, 0.717) is 11.4 Å². The van der Waals surface area contributed by atoms with Crippen molar-refractivity contribution < 1.29 is 8.78 Å². The molecule has 0 spiro atoms. The van der Waals surface area contributed by atoms with E-state index in [9.17, 15) is 8.78 Å². The fourth-order valence-electron chi connectivity index (χ4n) is 1.82. The number of fused-ring (bicyclic) bond motifs is 1. The Labute approximate surface area is 99.4 Å². The normalized spacial score (nSPS) is 13.5. The van der Waals surface area contributed by atoms with Gasteiger partial charge in [-0.2, -0.15) is 0 Å². The molecule has 2 rings (SSSR count). The molecule has 0 unspecified atom stereocenters. The molecule has 0 saturated heterocycles. The first kappa shape index (κ1) is 12.0. The van der Waals surface area contributed by atoms with Crippen molar-refractivity contribution in [3.63, 3.8) is 0 Å². The molecule has 0 saturated carbocycles. The Hall–Kier alpha value is -1.42. The Morgan fingerprint density at radius 3 is 2.59 bits per heavy atom. The van der Waals surface area contributed by atoms with E-state index in [1.165, 1.54) is 6.07 Å². The quantitative estimate of drug-likeness (QED) is 0.798. The van der Waals surface area contributed by atoms with Crippen molar-refractivity contribution in [2.45, 2.75) is 19.5 Å². The second-order valence-electron chi connectivity index (χ2n) is 4.57. The van der Waals surface area contributed by atoms with Crippen molar-refractivity contribution in [2.75, 3.05) is 14.1 Å². The lowest BCUT2D eigenvalue weighted by atomic mass is 10.2. The number of likely N-dealkylation sites (N-methyl/N-ethyl adjacent to an activating group) is 1. The van der Waals surface area contributed by atoms with Gasteiger partial charge in [-0.05, 0) is 39.2 Å². The van der Waals surface area contributed by atoms with Gasteiger partial charge in [0.2, 0.25) is 0 Å². The number of benzene rings is 1. The zero-order valence-electron chi connectivity index (χ0n) is 10.2. The van der Waals surface area contributed by atoms with Gasteiger partial charge in [-0.3, -0.25) is 0 Å². The van der Waals surface area contributed by atoms with Gasteiger partial charge in [-0.25, -0.2) is 8.78 Å². The fraction of sp³-hybridized carbons (Fsp3) is 0.385. The van der Waals surface area contributed by atoms with Crippen LogP contribution in [0.4, 0.5) is 8.78 Å². The molecule has 0 aliphatic carbocycles. The van der Waals surface area contributed by atoms with Gasteiger partial charge in [0.1, 0.15) is 0 Å². The van der Waals surface area contributed by atoms with Crippen molar-refractivity contribution in [1.29, 1.82) is 0 Å². The summed E-state index contributed by atoms with van der Waals surface area (Å²) in [5, 5.41) is 0.343. The van der Waals surface area contributed by atoms with Crippen molar-refractivity contribution in [1.82, 2.24) is 9.47 Å². The van der Waals surface area contributed by atoms with Gasteiger partial charge in [0.25, 0.3) is 0 Å². The fourth-order valence-corrected chi connectivity index (χ4v) is 1.82. The third-order valence-corrected chi connectivity index (χ3v) is 3.18. The van der Waals surface area contributed by atoms with Crippen LogP contribution in [0, 0.1) is 11.6 Å². The highest BCUT2D eigenvalue weighted by Crippen LogP contribution is 2.22. The predicted octanol–water partition coefficient (Wildman–Crippen LogP) is 2.87. The maximum Gasteiger partial charge on any atom is 0.168 e. The average molecular weight is 238 g/mol. The van der Waals surface area contributed by atoms with Gasteiger partial charge in [0, 0.05) is 24.2 Å². The van der Waals surface area contributed by atoms with E-state index in [0.717, 1.165) is 12.1 Å². The van der Waals surface area contributed by atoms with Gasteiger partial charge in [-0.1, -0.05) is 0 Å². The van der Waals surface area contributed by atoms with Crippen LogP contribution in [-0.4, -0.2) is 29.6 Å². The number of rotatable bonds is 3. The molecule has 2 aromatic rings. The monoisotopic (exact) mass is 238 g/mol.